The minimum absolute atomic E-state index is 0.0509. The van der Waals surface area contributed by atoms with Crippen molar-refractivity contribution in [3.05, 3.63) is 24.3 Å². The Morgan fingerprint density at radius 3 is 2.26 bits per heavy atom. The Hall–Kier alpha value is -1.11. The van der Waals surface area contributed by atoms with Gasteiger partial charge in [-0.25, -0.2) is 8.42 Å². The normalized spacial score (nSPS) is 18.9. The quantitative estimate of drug-likeness (QED) is 0.903. The number of benzene rings is 1. The van der Waals surface area contributed by atoms with Gasteiger partial charge in [-0.05, 0) is 57.2 Å². The summed E-state index contributed by atoms with van der Waals surface area (Å²) < 4.78 is 26.4. The maximum absolute atomic E-state index is 12.5. The molecule has 0 spiro atoms. The SMILES string of the molecule is CN1CCC(N(C)S(=O)(=O)c2ccc(O)cc2)CC1. The van der Waals surface area contributed by atoms with Gasteiger partial charge in [0.2, 0.25) is 10.0 Å². The van der Waals surface area contributed by atoms with Gasteiger partial charge in [0, 0.05) is 13.1 Å². The Morgan fingerprint density at radius 2 is 1.74 bits per heavy atom. The summed E-state index contributed by atoms with van der Waals surface area (Å²) in [4.78, 5) is 2.43. The van der Waals surface area contributed by atoms with Crippen LogP contribution in [0.3, 0.4) is 0 Å². The summed E-state index contributed by atoms with van der Waals surface area (Å²) in [6, 6.07) is 5.73. The van der Waals surface area contributed by atoms with Gasteiger partial charge in [0.15, 0.2) is 0 Å². The molecule has 1 aliphatic heterocycles. The number of hydrogen-bond donors (Lipinski definition) is 1. The predicted molar refractivity (Wildman–Crippen MR) is 73.6 cm³/mol. The molecule has 5 nitrogen and oxygen atoms in total. The first-order valence-electron chi connectivity index (χ1n) is 6.37. The fourth-order valence-corrected chi connectivity index (χ4v) is 3.76. The second kappa shape index (κ2) is 5.48. The molecular weight excluding hydrogens is 264 g/mol. The summed E-state index contributed by atoms with van der Waals surface area (Å²) in [5.74, 6) is 0.0703. The minimum Gasteiger partial charge on any atom is -0.508 e. The molecule has 6 heteroatoms. The zero-order valence-corrected chi connectivity index (χ0v) is 12.1. The molecule has 1 heterocycles. The molecule has 1 aliphatic rings. The molecule has 0 aromatic heterocycles. The average molecular weight is 284 g/mol. The van der Waals surface area contributed by atoms with Gasteiger partial charge in [-0.2, -0.15) is 4.31 Å². The van der Waals surface area contributed by atoms with Crippen molar-refractivity contribution < 1.29 is 13.5 Å². The summed E-state index contributed by atoms with van der Waals surface area (Å²) in [5, 5.41) is 9.22. The topological polar surface area (TPSA) is 60.9 Å². The summed E-state index contributed by atoms with van der Waals surface area (Å²) in [6.07, 6.45) is 1.70. The van der Waals surface area contributed by atoms with Gasteiger partial charge in [-0.3, -0.25) is 0 Å². The van der Waals surface area contributed by atoms with E-state index >= 15 is 0 Å². The number of rotatable bonds is 3. The third kappa shape index (κ3) is 3.08. The van der Waals surface area contributed by atoms with Crippen LogP contribution in [-0.2, 0) is 10.0 Å². The van der Waals surface area contributed by atoms with E-state index in [0.717, 1.165) is 25.9 Å². The Labute approximate surface area is 114 Å². The van der Waals surface area contributed by atoms with Gasteiger partial charge in [-0.15, -0.1) is 0 Å². The summed E-state index contributed by atoms with van der Waals surface area (Å²) in [6.45, 7) is 1.83. The lowest BCUT2D eigenvalue weighted by Crippen LogP contribution is -2.44. The van der Waals surface area contributed by atoms with Crippen LogP contribution in [0.15, 0.2) is 29.2 Å². The van der Waals surface area contributed by atoms with Crippen molar-refractivity contribution >= 4 is 10.0 Å². The lowest BCUT2D eigenvalue weighted by atomic mass is 10.1. The van der Waals surface area contributed by atoms with Gasteiger partial charge in [0.1, 0.15) is 5.75 Å². The van der Waals surface area contributed by atoms with Crippen LogP contribution >= 0.6 is 0 Å². The average Bonchev–Trinajstić information content (AvgIpc) is 2.39. The van der Waals surface area contributed by atoms with E-state index < -0.39 is 10.0 Å². The number of likely N-dealkylation sites (tertiary alicyclic amines) is 1. The highest BCUT2D eigenvalue weighted by Crippen LogP contribution is 2.23. The van der Waals surface area contributed by atoms with E-state index in [1.165, 1.54) is 28.6 Å². The van der Waals surface area contributed by atoms with Crippen LogP contribution in [0.1, 0.15) is 12.8 Å². The number of nitrogens with zero attached hydrogens (tertiary/aromatic N) is 2. The summed E-state index contributed by atoms with van der Waals surface area (Å²) in [5.41, 5.74) is 0. The van der Waals surface area contributed by atoms with E-state index in [0.29, 0.717) is 0 Å². The molecule has 106 valence electrons. The predicted octanol–water partition coefficient (Wildman–Crippen LogP) is 1.11. The molecule has 2 rings (SSSR count). The van der Waals surface area contributed by atoms with Crippen LogP contribution in [-0.4, -0.2) is 56.0 Å². The Kier molecular flexibility index (Phi) is 4.13. The highest BCUT2D eigenvalue weighted by molar-refractivity contribution is 7.89. The molecule has 1 N–H and O–H groups in total. The van der Waals surface area contributed by atoms with Crippen molar-refractivity contribution in [3.63, 3.8) is 0 Å². The van der Waals surface area contributed by atoms with Crippen LogP contribution in [0.5, 0.6) is 5.75 Å². The zero-order chi connectivity index (χ0) is 14.0. The monoisotopic (exact) mass is 284 g/mol. The molecule has 0 atom stereocenters. The number of hydrogen-bond acceptors (Lipinski definition) is 4. The first-order valence-corrected chi connectivity index (χ1v) is 7.81. The van der Waals surface area contributed by atoms with Crippen LogP contribution in [0.25, 0.3) is 0 Å². The fourth-order valence-electron chi connectivity index (χ4n) is 2.34. The lowest BCUT2D eigenvalue weighted by molar-refractivity contribution is 0.197. The summed E-state index contributed by atoms with van der Waals surface area (Å²) in [7, 11) is 0.214. The van der Waals surface area contributed by atoms with Crippen molar-refractivity contribution in [3.8, 4) is 5.75 Å². The maximum Gasteiger partial charge on any atom is 0.243 e. The minimum atomic E-state index is -3.47. The van der Waals surface area contributed by atoms with E-state index in [4.69, 9.17) is 0 Å². The van der Waals surface area contributed by atoms with Gasteiger partial charge in [0.25, 0.3) is 0 Å². The molecular formula is C13H20N2O3S. The molecule has 1 aromatic carbocycles. The van der Waals surface area contributed by atoms with Gasteiger partial charge in [0.05, 0.1) is 4.90 Å². The van der Waals surface area contributed by atoms with E-state index in [1.54, 1.807) is 7.05 Å². The van der Waals surface area contributed by atoms with Gasteiger partial charge < -0.3 is 10.0 Å². The van der Waals surface area contributed by atoms with Crippen molar-refractivity contribution in [1.29, 1.82) is 0 Å². The Balaban J connectivity index is 2.17. The fraction of sp³-hybridized carbons (Fsp3) is 0.538. The molecule has 0 saturated carbocycles. The van der Waals surface area contributed by atoms with Crippen molar-refractivity contribution in [2.45, 2.75) is 23.8 Å². The van der Waals surface area contributed by atoms with E-state index in [-0.39, 0.29) is 16.7 Å². The standard InChI is InChI=1S/C13H20N2O3S/c1-14-9-7-11(8-10-14)15(2)19(17,18)13-5-3-12(16)4-6-13/h3-6,11,16H,7-10H2,1-2H3. The summed E-state index contributed by atoms with van der Waals surface area (Å²) >= 11 is 0. The molecule has 0 unspecified atom stereocenters. The molecule has 1 saturated heterocycles. The Bertz CT molecular complexity index is 519. The first kappa shape index (κ1) is 14.3. The second-order valence-electron chi connectivity index (χ2n) is 5.05. The smallest absolute Gasteiger partial charge is 0.243 e. The van der Waals surface area contributed by atoms with E-state index in [2.05, 4.69) is 4.90 Å². The van der Waals surface area contributed by atoms with Crippen molar-refractivity contribution in [1.82, 2.24) is 9.21 Å². The van der Waals surface area contributed by atoms with Crippen LogP contribution in [0.2, 0.25) is 0 Å². The molecule has 1 aromatic rings. The van der Waals surface area contributed by atoms with Crippen molar-refractivity contribution in [2.24, 2.45) is 0 Å². The number of aromatic hydroxyl groups is 1. The molecule has 0 amide bonds. The number of phenolic OH excluding ortho intramolecular Hbond substituents is 1. The second-order valence-corrected chi connectivity index (χ2v) is 7.05. The lowest BCUT2D eigenvalue weighted by Gasteiger charge is -2.34. The van der Waals surface area contributed by atoms with Crippen molar-refractivity contribution in [2.75, 3.05) is 27.2 Å². The third-order valence-corrected chi connectivity index (χ3v) is 5.64. The molecule has 19 heavy (non-hydrogen) atoms. The van der Waals surface area contributed by atoms with Gasteiger partial charge >= 0.3 is 0 Å². The largest absolute Gasteiger partial charge is 0.508 e. The van der Waals surface area contributed by atoms with Gasteiger partial charge in [-0.1, -0.05) is 0 Å². The van der Waals surface area contributed by atoms with Crippen LogP contribution in [0.4, 0.5) is 0 Å². The Morgan fingerprint density at radius 1 is 1.21 bits per heavy atom. The molecule has 0 radical (unpaired) electrons. The number of piperidine rings is 1. The first-order chi connectivity index (χ1) is 8.91. The van der Waals surface area contributed by atoms with Crippen LogP contribution < -0.4 is 0 Å². The van der Waals surface area contributed by atoms with E-state index in [9.17, 15) is 13.5 Å². The highest BCUT2D eigenvalue weighted by Gasteiger charge is 2.29. The molecule has 0 bridgehead atoms. The molecule has 0 aliphatic carbocycles. The number of phenols is 1. The van der Waals surface area contributed by atoms with E-state index in [1.807, 2.05) is 7.05 Å². The maximum atomic E-state index is 12.5. The van der Waals surface area contributed by atoms with Crippen LogP contribution in [0, 0.1) is 0 Å². The molecule has 1 fully saturated rings. The number of sulfonamides is 1. The zero-order valence-electron chi connectivity index (χ0n) is 11.3. The third-order valence-electron chi connectivity index (χ3n) is 3.72. The highest BCUT2D eigenvalue weighted by atomic mass is 32.2.